The van der Waals surface area contributed by atoms with Crippen molar-refractivity contribution in [1.29, 1.82) is 5.26 Å². The Morgan fingerprint density at radius 3 is 2.75 bits per heavy atom. The highest BCUT2D eigenvalue weighted by molar-refractivity contribution is 5.46. The number of methoxy groups -OCH3 is 1. The second kappa shape index (κ2) is 5.47. The molecule has 0 aliphatic rings. The summed E-state index contributed by atoms with van der Waals surface area (Å²) in [7, 11) is 1.62. The van der Waals surface area contributed by atoms with Crippen molar-refractivity contribution in [1.82, 2.24) is 4.98 Å². The van der Waals surface area contributed by atoms with E-state index in [0.717, 1.165) is 5.69 Å². The molecule has 1 unspecified atom stereocenters. The fourth-order valence-corrected chi connectivity index (χ4v) is 1.51. The molecule has 1 aromatic rings. The van der Waals surface area contributed by atoms with Crippen molar-refractivity contribution in [2.45, 2.75) is 26.9 Å². The van der Waals surface area contributed by atoms with Gasteiger partial charge < -0.3 is 9.47 Å². The molecule has 1 heterocycles. The van der Waals surface area contributed by atoms with Gasteiger partial charge >= 0.3 is 0 Å². The summed E-state index contributed by atoms with van der Waals surface area (Å²) in [5.74, 6) is 0.581. The van der Waals surface area contributed by atoms with Crippen LogP contribution in [0.25, 0.3) is 0 Å². The van der Waals surface area contributed by atoms with E-state index in [0.29, 0.717) is 23.6 Å². The zero-order chi connectivity index (χ0) is 12.1. The van der Waals surface area contributed by atoms with Gasteiger partial charge in [0.1, 0.15) is 23.5 Å². The number of hydrogen-bond donors (Lipinski definition) is 0. The number of nitriles is 1. The summed E-state index contributed by atoms with van der Waals surface area (Å²) in [6, 6.07) is 3.89. The molecule has 4 nitrogen and oxygen atoms in total. The Morgan fingerprint density at radius 2 is 2.19 bits per heavy atom. The molecule has 16 heavy (non-hydrogen) atoms. The van der Waals surface area contributed by atoms with Gasteiger partial charge in [-0.25, -0.2) is 0 Å². The fourth-order valence-electron chi connectivity index (χ4n) is 1.51. The minimum atomic E-state index is -0.0849. The summed E-state index contributed by atoms with van der Waals surface area (Å²) in [5, 5.41) is 9.03. The molecular weight excluding hydrogens is 204 g/mol. The van der Waals surface area contributed by atoms with Crippen LogP contribution in [0.4, 0.5) is 0 Å². The smallest absolute Gasteiger partial charge is 0.141 e. The van der Waals surface area contributed by atoms with Crippen LogP contribution in [0.15, 0.2) is 6.07 Å². The molecule has 0 saturated carbocycles. The monoisotopic (exact) mass is 220 g/mol. The van der Waals surface area contributed by atoms with E-state index in [4.69, 9.17) is 14.7 Å². The number of rotatable bonds is 4. The number of ether oxygens (including phenoxy) is 2. The predicted molar refractivity (Wildman–Crippen MR) is 60.4 cm³/mol. The Morgan fingerprint density at radius 1 is 1.50 bits per heavy atom. The number of hydrogen-bond acceptors (Lipinski definition) is 4. The van der Waals surface area contributed by atoms with Crippen LogP contribution in [0.2, 0.25) is 0 Å². The van der Waals surface area contributed by atoms with Gasteiger partial charge in [0.2, 0.25) is 0 Å². The molecule has 0 bridgehead atoms. The van der Waals surface area contributed by atoms with Crippen molar-refractivity contribution in [2.75, 3.05) is 13.7 Å². The van der Waals surface area contributed by atoms with Crippen LogP contribution in [0, 0.1) is 25.2 Å². The molecule has 0 fully saturated rings. The molecule has 0 aromatic carbocycles. The van der Waals surface area contributed by atoms with E-state index in [-0.39, 0.29) is 6.10 Å². The van der Waals surface area contributed by atoms with Crippen molar-refractivity contribution < 1.29 is 9.47 Å². The predicted octanol–water partition coefficient (Wildman–Crippen LogP) is 1.98. The van der Waals surface area contributed by atoms with Gasteiger partial charge in [0.15, 0.2) is 0 Å². The lowest BCUT2D eigenvalue weighted by Crippen LogP contribution is -2.19. The Hall–Kier alpha value is -1.60. The summed E-state index contributed by atoms with van der Waals surface area (Å²) in [4.78, 5) is 4.22. The number of aromatic nitrogens is 1. The van der Waals surface area contributed by atoms with Gasteiger partial charge in [-0.1, -0.05) is 0 Å². The SMILES string of the molecule is COCC(C)Oc1cc(C)nc(C)c1C#N. The van der Waals surface area contributed by atoms with Gasteiger partial charge in [0.05, 0.1) is 12.3 Å². The quantitative estimate of drug-likeness (QED) is 0.778. The van der Waals surface area contributed by atoms with Gasteiger partial charge in [-0.2, -0.15) is 5.26 Å². The van der Waals surface area contributed by atoms with E-state index >= 15 is 0 Å². The molecule has 0 saturated heterocycles. The van der Waals surface area contributed by atoms with Crippen LogP contribution in [-0.4, -0.2) is 24.8 Å². The van der Waals surface area contributed by atoms with Gasteiger partial charge in [0.25, 0.3) is 0 Å². The van der Waals surface area contributed by atoms with E-state index in [1.807, 2.05) is 13.8 Å². The maximum absolute atomic E-state index is 9.03. The molecule has 1 atom stereocenters. The Labute approximate surface area is 95.8 Å². The molecule has 1 aromatic heterocycles. The van der Waals surface area contributed by atoms with Crippen LogP contribution >= 0.6 is 0 Å². The lowest BCUT2D eigenvalue weighted by atomic mass is 10.2. The normalized spacial score (nSPS) is 11.9. The maximum Gasteiger partial charge on any atom is 0.141 e. The van der Waals surface area contributed by atoms with Crippen LogP contribution in [0.1, 0.15) is 23.9 Å². The molecular formula is C12H16N2O2. The van der Waals surface area contributed by atoms with Crippen molar-refractivity contribution in [3.63, 3.8) is 0 Å². The fraction of sp³-hybridized carbons (Fsp3) is 0.500. The topological polar surface area (TPSA) is 55.1 Å². The Bertz CT molecular complexity index is 410. The summed E-state index contributed by atoms with van der Waals surface area (Å²) in [5.41, 5.74) is 2.03. The minimum absolute atomic E-state index is 0.0849. The van der Waals surface area contributed by atoms with Crippen molar-refractivity contribution in [2.24, 2.45) is 0 Å². The molecule has 0 aliphatic heterocycles. The van der Waals surface area contributed by atoms with Gasteiger partial charge in [-0.05, 0) is 20.8 Å². The van der Waals surface area contributed by atoms with E-state index in [9.17, 15) is 0 Å². The average molecular weight is 220 g/mol. The van der Waals surface area contributed by atoms with Crippen molar-refractivity contribution in [3.8, 4) is 11.8 Å². The Balaban J connectivity index is 2.99. The van der Waals surface area contributed by atoms with E-state index in [1.165, 1.54) is 0 Å². The molecule has 1 rings (SSSR count). The Kier molecular flexibility index (Phi) is 4.27. The standard InChI is InChI=1S/C12H16N2O2/c1-8-5-12(16-9(2)7-15-4)11(6-13)10(3)14-8/h5,9H,7H2,1-4H3. The first-order chi connectivity index (χ1) is 7.58. The molecule has 0 aliphatic carbocycles. The van der Waals surface area contributed by atoms with E-state index < -0.39 is 0 Å². The number of pyridine rings is 1. The lowest BCUT2D eigenvalue weighted by Gasteiger charge is -2.15. The summed E-state index contributed by atoms with van der Waals surface area (Å²) in [6.07, 6.45) is -0.0849. The highest BCUT2D eigenvalue weighted by Crippen LogP contribution is 2.22. The number of aryl methyl sites for hydroxylation is 2. The average Bonchev–Trinajstić information content (AvgIpc) is 2.17. The van der Waals surface area contributed by atoms with E-state index in [2.05, 4.69) is 11.1 Å². The van der Waals surface area contributed by atoms with Gasteiger partial charge in [-0.15, -0.1) is 0 Å². The first-order valence-electron chi connectivity index (χ1n) is 5.12. The molecule has 0 spiro atoms. The highest BCUT2D eigenvalue weighted by Gasteiger charge is 2.12. The van der Waals surface area contributed by atoms with Gasteiger partial charge in [-0.3, -0.25) is 4.98 Å². The van der Waals surface area contributed by atoms with Gasteiger partial charge in [0, 0.05) is 18.9 Å². The second-order valence-corrected chi connectivity index (χ2v) is 3.72. The van der Waals surface area contributed by atoms with E-state index in [1.54, 1.807) is 20.1 Å². The molecule has 0 radical (unpaired) electrons. The van der Waals surface area contributed by atoms with Crippen molar-refractivity contribution >= 4 is 0 Å². The summed E-state index contributed by atoms with van der Waals surface area (Å²) >= 11 is 0. The van der Waals surface area contributed by atoms with Crippen LogP contribution in [0.5, 0.6) is 5.75 Å². The zero-order valence-corrected chi connectivity index (χ0v) is 10.1. The summed E-state index contributed by atoms with van der Waals surface area (Å²) < 4.78 is 10.6. The first-order valence-corrected chi connectivity index (χ1v) is 5.12. The maximum atomic E-state index is 9.03. The largest absolute Gasteiger partial charge is 0.487 e. The first kappa shape index (κ1) is 12.5. The van der Waals surface area contributed by atoms with Crippen LogP contribution < -0.4 is 4.74 Å². The second-order valence-electron chi connectivity index (χ2n) is 3.72. The lowest BCUT2D eigenvalue weighted by molar-refractivity contribution is 0.0917. The third kappa shape index (κ3) is 2.94. The third-order valence-corrected chi connectivity index (χ3v) is 2.13. The zero-order valence-electron chi connectivity index (χ0n) is 10.1. The van der Waals surface area contributed by atoms with Crippen LogP contribution in [0.3, 0.4) is 0 Å². The molecule has 0 amide bonds. The molecule has 86 valence electrons. The molecule has 4 heteroatoms. The summed E-state index contributed by atoms with van der Waals surface area (Å²) in [6.45, 7) is 6.07. The van der Waals surface area contributed by atoms with Crippen molar-refractivity contribution in [3.05, 3.63) is 23.0 Å². The van der Waals surface area contributed by atoms with Crippen LogP contribution in [-0.2, 0) is 4.74 Å². The minimum Gasteiger partial charge on any atom is -0.487 e. The third-order valence-electron chi connectivity index (χ3n) is 2.13. The molecule has 0 N–H and O–H groups in total. The highest BCUT2D eigenvalue weighted by atomic mass is 16.5. The number of nitrogens with zero attached hydrogens (tertiary/aromatic N) is 2.